The Morgan fingerprint density at radius 2 is 0.541 bits per heavy atom. The zero-order chi connectivity index (χ0) is 65.2. The highest BCUT2D eigenvalue weighted by atomic mass is 19.4. The third-order valence-electron chi connectivity index (χ3n) is 20.3. The van der Waals surface area contributed by atoms with Crippen LogP contribution in [-0.4, -0.2) is 27.4 Å². The van der Waals surface area contributed by atoms with Crippen molar-refractivity contribution in [2.24, 2.45) is 0 Å². The molecule has 0 N–H and O–H groups in total. The topological polar surface area (TPSA) is 38.3 Å². The van der Waals surface area contributed by atoms with Gasteiger partial charge >= 0.3 is 6.18 Å². The average molecular weight is 1260 g/mol. The molecule has 98 heavy (non-hydrogen) atoms. The minimum atomic E-state index is -4.92. The summed E-state index contributed by atoms with van der Waals surface area (Å²) in [5.41, 5.74) is 13.4. The molecule has 0 aliphatic carbocycles. The maximum Gasteiger partial charge on any atom is 0.415 e. The first kappa shape index (κ1) is 55.1. The van der Waals surface area contributed by atoms with Gasteiger partial charge in [0, 0.05) is 92.9 Å². The lowest BCUT2D eigenvalue weighted by Crippen LogP contribution is -2.09. The van der Waals surface area contributed by atoms with Gasteiger partial charge in [0.2, 0.25) is 5.69 Å². The van der Waals surface area contributed by atoms with E-state index in [-0.39, 0.29) is 28.2 Å². The maximum absolute atomic E-state index is 16.3. The van der Waals surface area contributed by atoms with Crippen LogP contribution in [0.5, 0.6) is 0 Å². The highest BCUT2D eigenvalue weighted by Crippen LogP contribution is 2.52. The van der Waals surface area contributed by atoms with E-state index < -0.39 is 11.7 Å². The van der Waals surface area contributed by atoms with Crippen LogP contribution in [0.15, 0.2) is 297 Å². The fraction of sp³-hybridized carbons (Fsp3) is 0.0115. The molecule has 0 amide bonds. The van der Waals surface area contributed by atoms with Gasteiger partial charge in [-0.15, -0.1) is 0 Å². The fourth-order valence-corrected chi connectivity index (χ4v) is 16.3. The maximum atomic E-state index is 16.3. The summed E-state index contributed by atoms with van der Waals surface area (Å²) in [6.07, 6.45) is -4.92. The number of para-hydroxylation sites is 8. The molecular weight excluding hydrogens is 1210 g/mol. The third kappa shape index (κ3) is 7.69. The molecule has 0 saturated heterocycles. The van der Waals surface area contributed by atoms with Crippen molar-refractivity contribution in [3.8, 4) is 45.3 Å². The van der Waals surface area contributed by atoms with Crippen LogP contribution in [0.2, 0.25) is 0 Å². The van der Waals surface area contributed by atoms with E-state index in [1.807, 2.05) is 53.1 Å². The standard InChI is InChI=1S/C87H49F3N8/c1-91-70-29-19-28-69(87(88,89)90)84(70)68-46-47-79(97-80-48-52(93-71-30-11-3-20-56(71)57-21-4-12-31-72(57)93)38-42-64(80)65-43-39-53(49-81(65)97)94-73-32-13-5-22-58(73)59-23-6-14-33-74(59)94)85(92-2)86(68)98-82-50-54(95-75-34-15-7-24-60(75)61-25-8-16-35-76(61)95)40-44-66(82)67-45-41-55(51-83(67)98)96-77-36-17-9-26-62(77)63-27-10-18-37-78(63)96/h3-51H. The van der Waals surface area contributed by atoms with Crippen molar-refractivity contribution in [3.63, 3.8) is 0 Å². The summed E-state index contributed by atoms with van der Waals surface area (Å²) in [4.78, 5) is 8.58. The lowest BCUT2D eigenvalue weighted by molar-refractivity contribution is -0.137. The number of hydrogen-bond donors (Lipinski definition) is 0. The van der Waals surface area contributed by atoms with Crippen molar-refractivity contribution < 1.29 is 13.2 Å². The van der Waals surface area contributed by atoms with E-state index in [0.29, 0.717) is 16.7 Å². The van der Waals surface area contributed by atoms with Crippen LogP contribution in [-0.2, 0) is 6.18 Å². The Morgan fingerprint density at radius 3 is 0.827 bits per heavy atom. The van der Waals surface area contributed by atoms with Crippen LogP contribution in [0.3, 0.4) is 0 Å². The van der Waals surface area contributed by atoms with Crippen molar-refractivity contribution in [1.82, 2.24) is 27.4 Å². The second-order valence-corrected chi connectivity index (χ2v) is 25.2. The first-order valence-corrected chi connectivity index (χ1v) is 32.5. The zero-order valence-electron chi connectivity index (χ0n) is 52.0. The van der Waals surface area contributed by atoms with Crippen LogP contribution in [0, 0.1) is 13.1 Å². The molecule has 0 saturated carbocycles. The fourth-order valence-electron chi connectivity index (χ4n) is 16.3. The second kappa shape index (κ2) is 20.6. The van der Waals surface area contributed by atoms with Crippen molar-refractivity contribution in [1.29, 1.82) is 0 Å². The number of alkyl halides is 3. The monoisotopic (exact) mass is 1260 g/mol. The summed E-state index contributed by atoms with van der Waals surface area (Å²) in [5, 5.41) is 12.1. The number of aromatic nitrogens is 6. The molecule has 458 valence electrons. The Morgan fingerprint density at radius 1 is 0.255 bits per heavy atom. The van der Waals surface area contributed by atoms with Gasteiger partial charge in [-0.1, -0.05) is 194 Å². The largest absolute Gasteiger partial charge is 0.415 e. The van der Waals surface area contributed by atoms with Crippen LogP contribution in [0.4, 0.5) is 24.5 Å². The van der Waals surface area contributed by atoms with Crippen LogP contribution in [0.25, 0.3) is 186 Å². The predicted octanol–water partition coefficient (Wildman–Crippen LogP) is 24.1. The normalized spacial score (nSPS) is 12.2. The summed E-state index contributed by atoms with van der Waals surface area (Å²) in [7, 11) is 0. The lowest BCUT2D eigenvalue weighted by Gasteiger charge is -2.23. The van der Waals surface area contributed by atoms with Crippen molar-refractivity contribution in [2.45, 2.75) is 6.18 Å². The van der Waals surface area contributed by atoms with E-state index in [1.165, 1.54) is 12.1 Å². The highest BCUT2D eigenvalue weighted by molar-refractivity contribution is 6.18. The summed E-state index contributed by atoms with van der Waals surface area (Å²) < 4.78 is 62.1. The van der Waals surface area contributed by atoms with E-state index in [1.54, 1.807) is 12.1 Å². The van der Waals surface area contributed by atoms with Gasteiger partial charge in [0.25, 0.3) is 0 Å². The van der Waals surface area contributed by atoms with Crippen molar-refractivity contribution in [2.75, 3.05) is 0 Å². The molecule has 14 aromatic carbocycles. The number of halogens is 3. The Kier molecular flexibility index (Phi) is 11.6. The molecular formula is C87H49F3N8. The first-order chi connectivity index (χ1) is 48.2. The Balaban J connectivity index is 0.964. The number of benzene rings is 14. The molecule has 0 bridgehead atoms. The molecule has 6 heterocycles. The van der Waals surface area contributed by atoms with Gasteiger partial charge in [-0.3, -0.25) is 0 Å². The van der Waals surface area contributed by atoms with Crippen molar-refractivity contribution >= 4 is 142 Å². The Bertz CT molecular complexity index is 6410. The predicted molar refractivity (Wildman–Crippen MR) is 395 cm³/mol. The summed E-state index contributed by atoms with van der Waals surface area (Å²) in [6, 6.07) is 99.7. The van der Waals surface area contributed by atoms with E-state index in [2.05, 4.69) is 251 Å². The molecule has 0 aliphatic heterocycles. The molecule has 0 aliphatic rings. The molecule has 0 atom stereocenters. The molecule has 20 rings (SSSR count). The zero-order valence-corrected chi connectivity index (χ0v) is 52.0. The van der Waals surface area contributed by atoms with E-state index in [4.69, 9.17) is 6.57 Å². The number of nitrogens with zero attached hydrogens (tertiary/aromatic N) is 8. The Hall–Kier alpha value is -13.4. The lowest BCUT2D eigenvalue weighted by atomic mass is 9.94. The number of hydrogen-bond acceptors (Lipinski definition) is 0. The van der Waals surface area contributed by atoms with Crippen LogP contribution >= 0.6 is 0 Å². The quantitative estimate of drug-likeness (QED) is 0.143. The van der Waals surface area contributed by atoms with Gasteiger partial charge < -0.3 is 27.4 Å². The molecule has 0 radical (unpaired) electrons. The molecule has 0 fully saturated rings. The molecule has 20 aromatic rings. The van der Waals surface area contributed by atoms with Gasteiger partial charge in [-0.2, -0.15) is 13.2 Å². The highest BCUT2D eigenvalue weighted by Gasteiger charge is 2.37. The van der Waals surface area contributed by atoms with Gasteiger partial charge in [-0.05, 0) is 109 Å². The third-order valence-corrected chi connectivity index (χ3v) is 20.3. The van der Waals surface area contributed by atoms with Gasteiger partial charge in [0.1, 0.15) is 0 Å². The Labute approximate surface area is 556 Å². The number of rotatable bonds is 7. The minimum absolute atomic E-state index is 0.0692. The SMILES string of the molecule is [C-]#[N+]c1cccc(C(F)(F)F)c1-c1ccc(-n2c3cc(-n4c5ccccc5c5ccccc54)ccc3c3ccc(-n4c5ccccc5c5ccccc54)cc32)c([N+]#[C-])c1-n1c2cc(-n3c4ccccc4c4ccccc43)ccc2c2ccc(-n3c4ccccc4c4ccccc43)cc21. The minimum Gasteiger partial charge on any atom is -0.319 e. The van der Waals surface area contributed by atoms with Gasteiger partial charge in [0.05, 0.1) is 96.3 Å². The smallest absolute Gasteiger partial charge is 0.319 e. The summed E-state index contributed by atoms with van der Waals surface area (Å²) in [6.45, 7) is 18.6. The molecule has 8 nitrogen and oxygen atoms in total. The summed E-state index contributed by atoms with van der Waals surface area (Å²) in [5.74, 6) is 0. The molecule has 6 aromatic heterocycles. The second-order valence-electron chi connectivity index (χ2n) is 25.2. The molecule has 0 unspecified atom stereocenters. The van der Waals surface area contributed by atoms with Crippen molar-refractivity contribution in [3.05, 3.63) is 326 Å². The van der Waals surface area contributed by atoms with Gasteiger partial charge in [-0.25, -0.2) is 9.69 Å². The average Bonchev–Trinajstić information content (AvgIpc) is 1.46. The molecule has 0 spiro atoms. The first-order valence-electron chi connectivity index (χ1n) is 32.5. The van der Waals surface area contributed by atoms with Crippen LogP contribution in [0.1, 0.15) is 5.56 Å². The van der Waals surface area contributed by atoms with Crippen LogP contribution < -0.4 is 0 Å². The van der Waals surface area contributed by atoms with E-state index >= 15 is 13.2 Å². The van der Waals surface area contributed by atoms with E-state index in [0.717, 1.165) is 149 Å². The number of fused-ring (bicyclic) bond motifs is 18. The summed E-state index contributed by atoms with van der Waals surface area (Å²) >= 11 is 0. The molecule has 11 heteroatoms. The van der Waals surface area contributed by atoms with E-state index in [9.17, 15) is 6.57 Å². The van der Waals surface area contributed by atoms with Gasteiger partial charge in [0.15, 0.2) is 5.69 Å².